The average molecular weight is 345 g/mol. The van der Waals surface area contributed by atoms with Crippen LogP contribution in [-0.4, -0.2) is 26.5 Å². The van der Waals surface area contributed by atoms with E-state index in [1.165, 1.54) is 16.4 Å². The van der Waals surface area contributed by atoms with Gasteiger partial charge in [0, 0.05) is 11.6 Å². The number of anilines is 1. The molecule has 7 heteroatoms. The maximum Gasteiger partial charge on any atom is 0.234 e. The Hall–Kier alpha value is -2.02. The van der Waals surface area contributed by atoms with E-state index in [2.05, 4.69) is 35.4 Å². The summed E-state index contributed by atoms with van der Waals surface area (Å²) >= 11 is 1.31. The van der Waals surface area contributed by atoms with Crippen molar-refractivity contribution in [2.45, 2.75) is 50.1 Å². The van der Waals surface area contributed by atoms with E-state index >= 15 is 0 Å². The fraction of sp³-hybridized carbons (Fsp3) is 0.471. The molecular weight excluding hydrogens is 322 g/mol. The van der Waals surface area contributed by atoms with Gasteiger partial charge in [0.15, 0.2) is 5.82 Å². The van der Waals surface area contributed by atoms with Crippen molar-refractivity contribution in [3.63, 3.8) is 0 Å². The van der Waals surface area contributed by atoms with E-state index in [4.69, 9.17) is 5.84 Å². The van der Waals surface area contributed by atoms with E-state index < -0.39 is 0 Å². The molecular formula is C17H23N5OS. The lowest BCUT2D eigenvalue weighted by atomic mass is 9.97. The second-order valence-corrected chi connectivity index (χ2v) is 7.16. The molecule has 0 unspecified atom stereocenters. The molecule has 1 amide bonds. The van der Waals surface area contributed by atoms with E-state index in [0.29, 0.717) is 17.0 Å². The Bertz CT molecular complexity index is 726. The number of carbonyl (C=O) groups excluding carboxylic acids is 1. The van der Waals surface area contributed by atoms with Crippen LogP contribution in [0.1, 0.15) is 56.3 Å². The monoisotopic (exact) mass is 345 g/mol. The first-order valence-corrected chi connectivity index (χ1v) is 9.30. The largest absolute Gasteiger partial charge is 0.336 e. The second-order valence-electron chi connectivity index (χ2n) is 6.22. The van der Waals surface area contributed by atoms with Gasteiger partial charge in [-0.15, -0.1) is 10.2 Å². The summed E-state index contributed by atoms with van der Waals surface area (Å²) in [5, 5.41) is 11.8. The smallest absolute Gasteiger partial charge is 0.234 e. The van der Waals surface area contributed by atoms with Gasteiger partial charge in [-0.3, -0.25) is 4.79 Å². The molecule has 1 aliphatic carbocycles. The van der Waals surface area contributed by atoms with E-state index in [1.807, 2.05) is 18.2 Å². The van der Waals surface area contributed by atoms with Gasteiger partial charge in [0.25, 0.3) is 0 Å². The number of thioether (sulfide) groups is 1. The zero-order chi connectivity index (χ0) is 17.1. The van der Waals surface area contributed by atoms with Gasteiger partial charge in [0.1, 0.15) is 0 Å². The number of rotatable bonds is 7. The number of nitrogens with two attached hydrogens (primary N) is 1. The molecule has 1 atom stereocenters. The number of aromatic nitrogens is 3. The predicted octanol–water partition coefficient (Wildman–Crippen LogP) is 3.11. The normalized spacial score (nSPS) is 15.2. The number of amides is 1. The maximum absolute atomic E-state index is 12.3. The Morgan fingerprint density at radius 3 is 2.88 bits per heavy atom. The summed E-state index contributed by atoms with van der Waals surface area (Å²) in [6.45, 7) is 4.31. The number of hydrogen-bond acceptors (Lipinski definition) is 5. The van der Waals surface area contributed by atoms with E-state index in [-0.39, 0.29) is 11.7 Å². The van der Waals surface area contributed by atoms with Gasteiger partial charge in [-0.05, 0) is 36.8 Å². The molecule has 6 nitrogen and oxygen atoms in total. The van der Waals surface area contributed by atoms with Crippen molar-refractivity contribution in [1.82, 2.24) is 14.9 Å². The first-order chi connectivity index (χ1) is 11.6. The van der Waals surface area contributed by atoms with Crippen LogP contribution in [0.4, 0.5) is 5.69 Å². The molecule has 1 aliphatic rings. The van der Waals surface area contributed by atoms with Gasteiger partial charge in [-0.1, -0.05) is 43.8 Å². The van der Waals surface area contributed by atoms with Crippen LogP contribution in [0.5, 0.6) is 0 Å². The molecule has 24 heavy (non-hydrogen) atoms. The van der Waals surface area contributed by atoms with Crippen molar-refractivity contribution in [1.29, 1.82) is 0 Å². The van der Waals surface area contributed by atoms with Crippen molar-refractivity contribution in [2.75, 3.05) is 16.9 Å². The van der Waals surface area contributed by atoms with Crippen molar-refractivity contribution in [2.24, 2.45) is 0 Å². The quantitative estimate of drug-likeness (QED) is 0.595. The first kappa shape index (κ1) is 16.8. The minimum absolute atomic E-state index is 0.0632. The maximum atomic E-state index is 12.3. The second kappa shape index (κ2) is 7.25. The van der Waals surface area contributed by atoms with Crippen LogP contribution >= 0.6 is 11.8 Å². The molecule has 1 aromatic heterocycles. The summed E-state index contributed by atoms with van der Waals surface area (Å²) in [4.78, 5) is 12.3. The lowest BCUT2D eigenvalue weighted by Gasteiger charge is -2.15. The van der Waals surface area contributed by atoms with Crippen LogP contribution < -0.4 is 11.2 Å². The van der Waals surface area contributed by atoms with Crippen LogP contribution in [0, 0.1) is 0 Å². The highest BCUT2D eigenvalue weighted by Crippen LogP contribution is 2.39. The first-order valence-electron chi connectivity index (χ1n) is 8.32. The van der Waals surface area contributed by atoms with E-state index in [9.17, 15) is 4.79 Å². The van der Waals surface area contributed by atoms with Gasteiger partial charge in [-0.25, -0.2) is 4.68 Å². The third-order valence-electron chi connectivity index (χ3n) is 4.34. The highest BCUT2D eigenvalue weighted by atomic mass is 32.2. The molecule has 0 spiro atoms. The Balaban J connectivity index is 1.60. The average Bonchev–Trinajstić information content (AvgIpc) is 3.36. The molecule has 1 fully saturated rings. The molecule has 1 aromatic carbocycles. The zero-order valence-corrected chi connectivity index (χ0v) is 14.8. The molecule has 1 saturated carbocycles. The Labute approximate surface area is 146 Å². The Kier molecular flexibility index (Phi) is 5.08. The van der Waals surface area contributed by atoms with Crippen molar-refractivity contribution < 1.29 is 4.79 Å². The van der Waals surface area contributed by atoms with Crippen LogP contribution in [0.25, 0.3) is 0 Å². The Morgan fingerprint density at radius 2 is 2.17 bits per heavy atom. The van der Waals surface area contributed by atoms with Gasteiger partial charge in [0.2, 0.25) is 11.1 Å². The topological polar surface area (TPSA) is 85.8 Å². The molecule has 3 rings (SSSR count). The summed E-state index contributed by atoms with van der Waals surface area (Å²) in [5.74, 6) is 7.86. The molecule has 0 bridgehead atoms. The van der Waals surface area contributed by atoms with Gasteiger partial charge < -0.3 is 11.2 Å². The Morgan fingerprint density at radius 1 is 1.42 bits per heavy atom. The fourth-order valence-corrected chi connectivity index (χ4v) is 3.25. The number of hydrogen-bond donors (Lipinski definition) is 2. The molecule has 0 aliphatic heterocycles. The van der Waals surface area contributed by atoms with Crippen LogP contribution in [-0.2, 0) is 4.79 Å². The fourth-order valence-electron chi connectivity index (χ4n) is 2.58. The van der Waals surface area contributed by atoms with E-state index in [0.717, 1.165) is 36.3 Å². The summed E-state index contributed by atoms with van der Waals surface area (Å²) in [5.41, 5.74) is 2.04. The van der Waals surface area contributed by atoms with Crippen molar-refractivity contribution in [3.05, 3.63) is 35.7 Å². The minimum Gasteiger partial charge on any atom is -0.336 e. The molecule has 1 heterocycles. The molecule has 0 radical (unpaired) electrons. The lowest BCUT2D eigenvalue weighted by molar-refractivity contribution is -0.113. The van der Waals surface area contributed by atoms with Crippen LogP contribution in [0.3, 0.4) is 0 Å². The van der Waals surface area contributed by atoms with Crippen molar-refractivity contribution in [3.8, 4) is 0 Å². The van der Waals surface area contributed by atoms with Crippen LogP contribution in [0.2, 0.25) is 0 Å². The highest BCUT2D eigenvalue weighted by molar-refractivity contribution is 7.99. The zero-order valence-electron chi connectivity index (χ0n) is 14.0. The number of benzene rings is 1. The summed E-state index contributed by atoms with van der Waals surface area (Å²) in [7, 11) is 0. The van der Waals surface area contributed by atoms with Crippen LogP contribution in [0.15, 0.2) is 29.4 Å². The number of carbonyl (C=O) groups is 1. The van der Waals surface area contributed by atoms with Gasteiger partial charge in [-0.2, -0.15) is 0 Å². The molecule has 0 saturated heterocycles. The minimum atomic E-state index is -0.0632. The number of nitrogens with one attached hydrogen (secondary N) is 1. The summed E-state index contributed by atoms with van der Waals surface area (Å²) in [6.07, 6.45) is 3.27. The number of nitrogen functional groups attached to an aromatic ring is 1. The summed E-state index contributed by atoms with van der Waals surface area (Å²) < 4.78 is 1.52. The summed E-state index contributed by atoms with van der Waals surface area (Å²) in [6, 6.07) is 7.95. The molecule has 3 N–H and O–H groups in total. The molecule has 2 aromatic rings. The number of para-hydroxylation sites is 1. The molecule has 128 valence electrons. The SMILES string of the molecule is CC[C@@H](C)c1ccccc1NC(=O)CSc1nnc(C2CC2)n1N. The third-order valence-corrected chi connectivity index (χ3v) is 5.29. The van der Waals surface area contributed by atoms with Gasteiger partial charge in [0.05, 0.1) is 5.75 Å². The highest BCUT2D eigenvalue weighted by Gasteiger charge is 2.30. The lowest BCUT2D eigenvalue weighted by Crippen LogP contribution is -2.18. The van der Waals surface area contributed by atoms with E-state index in [1.54, 1.807) is 0 Å². The standard InChI is InChI=1S/C17H23N5OS/c1-3-11(2)13-6-4-5-7-14(13)19-15(23)10-24-17-21-20-16(22(17)18)12-8-9-12/h4-7,11-12H,3,8-10,18H2,1-2H3,(H,19,23)/t11-/m1/s1. The van der Waals surface area contributed by atoms with Gasteiger partial charge >= 0.3 is 0 Å². The predicted molar refractivity (Wildman–Crippen MR) is 96.6 cm³/mol. The van der Waals surface area contributed by atoms with Crippen molar-refractivity contribution >= 4 is 23.4 Å². The number of nitrogens with zero attached hydrogens (tertiary/aromatic N) is 3. The third kappa shape index (κ3) is 3.72.